The molecule has 0 radical (unpaired) electrons. The topological polar surface area (TPSA) is 26.3 Å². The predicted molar refractivity (Wildman–Crippen MR) is 72.8 cm³/mol. The zero-order valence-corrected chi connectivity index (χ0v) is 11.3. The van der Waals surface area contributed by atoms with Gasteiger partial charge in [-0.05, 0) is 50.2 Å². The van der Waals surface area contributed by atoms with E-state index in [1.54, 1.807) is 0 Å². The summed E-state index contributed by atoms with van der Waals surface area (Å²) in [6.45, 7) is 4.18. The first-order valence-electron chi connectivity index (χ1n) is 6.88. The molecule has 1 atom stereocenters. The maximum absolute atomic E-state index is 11.9. The van der Waals surface area contributed by atoms with Gasteiger partial charge in [0.25, 0.3) is 0 Å². The van der Waals surface area contributed by atoms with Crippen molar-refractivity contribution in [2.45, 2.75) is 51.6 Å². The molecule has 2 nitrogen and oxygen atoms in total. The van der Waals surface area contributed by atoms with Crippen LogP contribution in [0.15, 0.2) is 24.3 Å². The van der Waals surface area contributed by atoms with Gasteiger partial charge >= 0.3 is 0 Å². The Kier molecular flexibility index (Phi) is 4.54. The van der Waals surface area contributed by atoms with E-state index >= 15 is 0 Å². The number of ether oxygens (including phenoxy) is 1. The summed E-state index contributed by atoms with van der Waals surface area (Å²) in [7, 11) is 0. The average molecular weight is 246 g/mol. The lowest BCUT2D eigenvalue weighted by atomic mass is 9.80. The molecule has 0 fully saturated rings. The van der Waals surface area contributed by atoms with Crippen molar-refractivity contribution in [3.8, 4) is 0 Å². The van der Waals surface area contributed by atoms with Gasteiger partial charge in [0.05, 0.1) is 6.10 Å². The van der Waals surface area contributed by atoms with Crippen molar-refractivity contribution in [1.82, 2.24) is 0 Å². The summed E-state index contributed by atoms with van der Waals surface area (Å²) in [5.74, 6) is 0.628. The van der Waals surface area contributed by atoms with Crippen LogP contribution in [-0.2, 0) is 16.0 Å². The minimum atomic E-state index is 0.132. The second-order valence-electron chi connectivity index (χ2n) is 5.39. The third kappa shape index (κ3) is 3.42. The van der Waals surface area contributed by atoms with E-state index in [9.17, 15) is 4.79 Å². The summed E-state index contributed by atoms with van der Waals surface area (Å²) in [6, 6.07) is 8.53. The number of fused-ring (bicyclic) bond motifs is 1. The van der Waals surface area contributed by atoms with Crippen molar-refractivity contribution >= 4 is 5.78 Å². The van der Waals surface area contributed by atoms with E-state index in [-0.39, 0.29) is 18.5 Å². The molecule has 1 aromatic carbocycles. The lowest BCUT2D eigenvalue weighted by molar-refractivity contribution is -0.125. The van der Waals surface area contributed by atoms with Crippen LogP contribution in [-0.4, -0.2) is 18.5 Å². The zero-order valence-electron chi connectivity index (χ0n) is 11.3. The molecule has 0 bridgehead atoms. The minimum Gasteiger partial charge on any atom is -0.371 e. The Bertz CT molecular complexity index is 409. The van der Waals surface area contributed by atoms with Gasteiger partial charge < -0.3 is 4.74 Å². The van der Waals surface area contributed by atoms with E-state index in [1.165, 1.54) is 17.5 Å². The molecular weight excluding hydrogens is 224 g/mol. The third-order valence-electron chi connectivity index (χ3n) is 3.55. The van der Waals surface area contributed by atoms with Crippen LogP contribution in [0.4, 0.5) is 0 Å². The number of rotatable bonds is 5. The number of hydrogen-bond acceptors (Lipinski definition) is 2. The summed E-state index contributed by atoms with van der Waals surface area (Å²) in [4.78, 5) is 11.9. The van der Waals surface area contributed by atoms with Gasteiger partial charge in [0.1, 0.15) is 6.61 Å². The second-order valence-corrected chi connectivity index (χ2v) is 5.39. The Balaban J connectivity index is 1.96. The molecule has 0 amide bonds. The van der Waals surface area contributed by atoms with E-state index < -0.39 is 0 Å². The first-order chi connectivity index (χ1) is 8.66. The van der Waals surface area contributed by atoms with E-state index in [1.807, 2.05) is 13.8 Å². The second kappa shape index (κ2) is 6.14. The molecule has 0 N–H and O–H groups in total. The fourth-order valence-corrected chi connectivity index (χ4v) is 2.66. The summed E-state index contributed by atoms with van der Waals surface area (Å²) < 4.78 is 5.38. The molecule has 1 aliphatic rings. The molecule has 2 rings (SSSR count). The van der Waals surface area contributed by atoms with Crippen LogP contribution in [0.5, 0.6) is 0 Å². The number of Topliss-reactive ketones (excluding diaryl/α,β-unsaturated/α-hetero) is 1. The molecule has 0 spiro atoms. The SMILES string of the molecule is CC(C)OCC(=O)CC1CCCc2ccccc21. The highest BCUT2D eigenvalue weighted by Crippen LogP contribution is 2.33. The van der Waals surface area contributed by atoms with E-state index in [4.69, 9.17) is 4.74 Å². The molecule has 0 aromatic heterocycles. The van der Waals surface area contributed by atoms with Gasteiger partial charge in [0.2, 0.25) is 0 Å². The maximum atomic E-state index is 11.9. The normalized spacial score (nSPS) is 18.7. The molecule has 0 aliphatic heterocycles. The van der Waals surface area contributed by atoms with Gasteiger partial charge in [-0.3, -0.25) is 4.79 Å². The van der Waals surface area contributed by atoms with Crippen molar-refractivity contribution in [2.24, 2.45) is 0 Å². The van der Waals surface area contributed by atoms with E-state index in [0.717, 1.165) is 12.8 Å². The smallest absolute Gasteiger partial charge is 0.159 e. The summed E-state index contributed by atoms with van der Waals surface area (Å²) in [5, 5.41) is 0. The van der Waals surface area contributed by atoms with Crippen molar-refractivity contribution in [3.05, 3.63) is 35.4 Å². The van der Waals surface area contributed by atoms with Gasteiger partial charge in [-0.15, -0.1) is 0 Å². The van der Waals surface area contributed by atoms with Crippen molar-refractivity contribution < 1.29 is 9.53 Å². The Morgan fingerprint density at radius 3 is 2.94 bits per heavy atom. The number of benzene rings is 1. The van der Waals surface area contributed by atoms with Crippen LogP contribution in [0.3, 0.4) is 0 Å². The van der Waals surface area contributed by atoms with Crippen LogP contribution in [0.1, 0.15) is 50.2 Å². The highest BCUT2D eigenvalue weighted by atomic mass is 16.5. The molecule has 98 valence electrons. The maximum Gasteiger partial charge on any atom is 0.159 e. The first-order valence-corrected chi connectivity index (χ1v) is 6.88. The lowest BCUT2D eigenvalue weighted by Crippen LogP contribution is -2.18. The Morgan fingerprint density at radius 2 is 2.17 bits per heavy atom. The molecule has 1 aliphatic carbocycles. The number of ketones is 1. The van der Waals surface area contributed by atoms with Gasteiger partial charge in [0, 0.05) is 6.42 Å². The number of hydrogen-bond donors (Lipinski definition) is 0. The van der Waals surface area contributed by atoms with Crippen molar-refractivity contribution in [2.75, 3.05) is 6.61 Å². The average Bonchev–Trinajstić information content (AvgIpc) is 2.37. The first kappa shape index (κ1) is 13.3. The van der Waals surface area contributed by atoms with Crippen LogP contribution < -0.4 is 0 Å². The third-order valence-corrected chi connectivity index (χ3v) is 3.55. The number of aryl methyl sites for hydroxylation is 1. The fraction of sp³-hybridized carbons (Fsp3) is 0.562. The van der Waals surface area contributed by atoms with Gasteiger partial charge in [-0.2, -0.15) is 0 Å². The molecule has 2 heteroatoms. The van der Waals surface area contributed by atoms with Gasteiger partial charge in [-0.1, -0.05) is 24.3 Å². The largest absolute Gasteiger partial charge is 0.371 e. The van der Waals surface area contributed by atoms with Gasteiger partial charge in [-0.25, -0.2) is 0 Å². The summed E-state index contributed by atoms with van der Waals surface area (Å²) in [5.41, 5.74) is 2.80. The molecule has 18 heavy (non-hydrogen) atoms. The quantitative estimate of drug-likeness (QED) is 0.795. The highest BCUT2D eigenvalue weighted by molar-refractivity contribution is 5.80. The van der Waals surface area contributed by atoms with Crippen LogP contribution in [0.2, 0.25) is 0 Å². The van der Waals surface area contributed by atoms with Crippen LogP contribution in [0, 0.1) is 0 Å². The summed E-state index contributed by atoms with van der Waals surface area (Å²) >= 11 is 0. The molecule has 0 saturated carbocycles. The number of carbonyl (C=O) groups excluding carboxylic acids is 1. The van der Waals surface area contributed by atoms with E-state index in [0.29, 0.717) is 12.3 Å². The zero-order chi connectivity index (χ0) is 13.0. The number of carbonyl (C=O) groups is 1. The van der Waals surface area contributed by atoms with Crippen molar-refractivity contribution in [3.63, 3.8) is 0 Å². The van der Waals surface area contributed by atoms with Crippen LogP contribution in [0.25, 0.3) is 0 Å². The molecule has 1 unspecified atom stereocenters. The molecule has 0 saturated heterocycles. The Morgan fingerprint density at radius 1 is 1.39 bits per heavy atom. The van der Waals surface area contributed by atoms with Crippen LogP contribution >= 0.6 is 0 Å². The molecular formula is C16H22O2. The molecule has 0 heterocycles. The highest BCUT2D eigenvalue weighted by Gasteiger charge is 2.22. The van der Waals surface area contributed by atoms with E-state index in [2.05, 4.69) is 24.3 Å². The Labute approximate surface area is 109 Å². The molecule has 1 aromatic rings. The standard InChI is InChI=1S/C16H22O2/c1-12(2)18-11-15(17)10-14-8-5-7-13-6-3-4-9-16(13)14/h3-4,6,9,12,14H,5,7-8,10-11H2,1-2H3. The fourth-order valence-electron chi connectivity index (χ4n) is 2.66. The minimum absolute atomic E-state index is 0.132. The van der Waals surface area contributed by atoms with Crippen molar-refractivity contribution in [1.29, 1.82) is 0 Å². The summed E-state index contributed by atoms with van der Waals surface area (Å²) in [6.07, 6.45) is 4.24. The monoisotopic (exact) mass is 246 g/mol. The Hall–Kier alpha value is -1.15. The van der Waals surface area contributed by atoms with Gasteiger partial charge in [0.15, 0.2) is 5.78 Å². The predicted octanol–water partition coefficient (Wildman–Crippen LogP) is 3.49. The lowest BCUT2D eigenvalue weighted by Gasteiger charge is -2.25.